The molecule has 1 spiro atoms. The van der Waals surface area contributed by atoms with Crippen molar-refractivity contribution in [1.29, 1.82) is 0 Å². The second-order valence-corrected chi connectivity index (χ2v) is 16.7. The van der Waals surface area contributed by atoms with E-state index in [0.29, 0.717) is 34.4 Å². The summed E-state index contributed by atoms with van der Waals surface area (Å²) in [6.45, 7) is 4.77. The molecule has 0 aliphatic carbocycles. The van der Waals surface area contributed by atoms with Crippen LogP contribution in [0.25, 0.3) is 0 Å². The van der Waals surface area contributed by atoms with Crippen molar-refractivity contribution in [2.75, 3.05) is 56.5 Å². The molecule has 55 heavy (non-hydrogen) atoms. The largest absolute Gasteiger partial charge is 0.379 e. The summed E-state index contributed by atoms with van der Waals surface area (Å²) in [7, 11) is 3.72. The summed E-state index contributed by atoms with van der Waals surface area (Å²) in [4.78, 5) is 84.1. The minimum absolute atomic E-state index is 0.0610. The summed E-state index contributed by atoms with van der Waals surface area (Å²) in [5, 5.41) is 9.91. The van der Waals surface area contributed by atoms with Crippen LogP contribution in [0.4, 0.5) is 11.4 Å². The number of hydrogen-bond acceptors (Lipinski definition) is 10. The molecule has 5 amide bonds. The van der Waals surface area contributed by atoms with Crippen molar-refractivity contribution >= 4 is 56.8 Å². The first-order chi connectivity index (χ1) is 26.4. The molecule has 2 aromatic carbocycles. The molecule has 3 unspecified atom stereocenters. The molecule has 8 rings (SSSR count). The van der Waals surface area contributed by atoms with Crippen molar-refractivity contribution < 1.29 is 24.0 Å². The molecule has 2 N–H and O–H groups in total. The molecular weight excluding hydrogens is 768 g/mol. The Labute approximate surface area is 327 Å². The topological polar surface area (TPSA) is 157 Å². The minimum atomic E-state index is -0.984. The fraction of sp³-hybridized carbons (Fsp3) is 0.475. The highest BCUT2D eigenvalue weighted by atomic mass is 79.9. The Hall–Kier alpha value is -4.89. The van der Waals surface area contributed by atoms with E-state index >= 15 is 0 Å². The SMILES string of the molecule is CN1CC(Nc2cnn(C)c(=O)c2Br)CC(c2ccc(C(=O)N3CCC4(CC3)CCN(c3ccc5c(c3)C(=O)N(C3CCC(=O)NC3=O)C5=O)CC4)cc2)C1. The average Bonchev–Trinajstić information content (AvgIpc) is 3.43. The second-order valence-electron chi connectivity index (χ2n) is 15.9. The van der Waals surface area contributed by atoms with Crippen LogP contribution in [0.2, 0.25) is 0 Å². The molecule has 14 nitrogen and oxygen atoms in total. The minimum Gasteiger partial charge on any atom is -0.379 e. The highest BCUT2D eigenvalue weighted by Gasteiger charge is 2.45. The number of nitrogens with one attached hydrogen (secondary N) is 2. The van der Waals surface area contributed by atoms with E-state index in [1.165, 1.54) is 10.2 Å². The third-order valence-corrected chi connectivity index (χ3v) is 13.2. The maximum absolute atomic E-state index is 13.7. The van der Waals surface area contributed by atoms with E-state index in [-0.39, 0.29) is 47.2 Å². The Morgan fingerprint density at radius 3 is 2.29 bits per heavy atom. The maximum Gasteiger partial charge on any atom is 0.282 e. The summed E-state index contributed by atoms with van der Waals surface area (Å²) in [6, 6.07) is 12.5. The Morgan fingerprint density at radius 1 is 0.891 bits per heavy atom. The Kier molecular flexibility index (Phi) is 9.86. The number of carbonyl (C=O) groups excluding carboxylic acids is 5. The highest BCUT2D eigenvalue weighted by molar-refractivity contribution is 9.10. The standard InChI is InChI=1S/C40H45BrN8O6/c1-45-22-26(19-27(23-45)43-31-21-42-46(2)39(55)34(31)41)24-3-5-25(6-4-24)36(52)48-17-13-40(14-18-48)11-15-47(16-12-40)28-7-8-29-30(20-28)38(54)49(37(29)53)32-9-10-33(50)44-35(32)51/h3-8,20-21,26-27,32,43H,9-19,22-23H2,1-2H3,(H,44,50,51). The van der Waals surface area contributed by atoms with Crippen molar-refractivity contribution in [3.8, 4) is 0 Å². The summed E-state index contributed by atoms with van der Waals surface area (Å²) in [5.74, 6) is -1.68. The van der Waals surface area contributed by atoms with Gasteiger partial charge in [-0.2, -0.15) is 5.10 Å². The number of imide groups is 2. The van der Waals surface area contributed by atoms with Crippen LogP contribution in [0.5, 0.6) is 0 Å². The van der Waals surface area contributed by atoms with Crippen molar-refractivity contribution in [3.05, 3.63) is 85.7 Å². The van der Waals surface area contributed by atoms with Crippen LogP contribution in [0.3, 0.4) is 0 Å². The van der Waals surface area contributed by atoms with Gasteiger partial charge in [0.15, 0.2) is 0 Å². The molecule has 6 heterocycles. The lowest BCUT2D eigenvalue weighted by molar-refractivity contribution is -0.136. The molecule has 0 saturated carbocycles. The molecule has 5 aliphatic rings. The number of amides is 5. The molecule has 1 aromatic heterocycles. The molecule has 5 aliphatic heterocycles. The van der Waals surface area contributed by atoms with Crippen LogP contribution < -0.4 is 21.1 Å². The van der Waals surface area contributed by atoms with Gasteiger partial charge in [0.05, 0.1) is 23.0 Å². The number of rotatable bonds is 6. The fourth-order valence-electron chi connectivity index (χ4n) is 9.16. The summed E-state index contributed by atoms with van der Waals surface area (Å²) in [6.07, 6.45) is 6.58. The number of aryl methyl sites for hydroxylation is 1. The van der Waals surface area contributed by atoms with Crippen molar-refractivity contribution in [2.24, 2.45) is 12.5 Å². The zero-order valence-electron chi connectivity index (χ0n) is 31.1. The van der Waals surface area contributed by atoms with E-state index in [4.69, 9.17) is 0 Å². The first-order valence-corrected chi connectivity index (χ1v) is 19.9. The molecule has 3 aromatic rings. The average molecular weight is 814 g/mol. The predicted molar refractivity (Wildman–Crippen MR) is 208 cm³/mol. The first kappa shape index (κ1) is 37.1. The van der Waals surface area contributed by atoms with Gasteiger partial charge < -0.3 is 20.0 Å². The van der Waals surface area contributed by atoms with Crippen LogP contribution in [-0.4, -0.2) is 112 Å². The molecule has 0 bridgehead atoms. The Morgan fingerprint density at radius 2 is 1.58 bits per heavy atom. The van der Waals surface area contributed by atoms with Crippen molar-refractivity contribution in [2.45, 2.75) is 62.9 Å². The molecule has 15 heteroatoms. The number of likely N-dealkylation sites (tertiary alicyclic amines) is 2. The lowest BCUT2D eigenvalue weighted by atomic mass is 9.71. The number of benzene rings is 2. The first-order valence-electron chi connectivity index (χ1n) is 19.1. The highest BCUT2D eigenvalue weighted by Crippen LogP contribution is 2.43. The third-order valence-electron chi connectivity index (χ3n) is 12.4. The van der Waals surface area contributed by atoms with Gasteiger partial charge in [0.1, 0.15) is 10.5 Å². The number of halogens is 1. The van der Waals surface area contributed by atoms with Crippen molar-refractivity contribution in [3.63, 3.8) is 0 Å². The van der Waals surface area contributed by atoms with Crippen LogP contribution in [0.15, 0.2) is 57.9 Å². The predicted octanol–water partition coefficient (Wildman–Crippen LogP) is 3.37. The van der Waals surface area contributed by atoms with Gasteiger partial charge in [-0.15, -0.1) is 0 Å². The van der Waals surface area contributed by atoms with Gasteiger partial charge in [-0.05, 0) is 109 Å². The molecule has 3 atom stereocenters. The molecule has 4 fully saturated rings. The number of hydrogen-bond donors (Lipinski definition) is 2. The quantitative estimate of drug-likeness (QED) is 0.354. The van der Waals surface area contributed by atoms with Crippen LogP contribution in [0.1, 0.15) is 87.5 Å². The summed E-state index contributed by atoms with van der Waals surface area (Å²) in [5.41, 5.74) is 3.99. The second kappa shape index (κ2) is 14.6. The third kappa shape index (κ3) is 7.08. The van der Waals surface area contributed by atoms with Crippen molar-refractivity contribution in [1.82, 2.24) is 29.8 Å². The summed E-state index contributed by atoms with van der Waals surface area (Å²) >= 11 is 3.42. The van der Waals surface area contributed by atoms with Gasteiger partial charge in [0.2, 0.25) is 11.8 Å². The van der Waals surface area contributed by atoms with E-state index < -0.39 is 29.7 Å². The van der Waals surface area contributed by atoms with Gasteiger partial charge >= 0.3 is 0 Å². The van der Waals surface area contributed by atoms with Gasteiger partial charge in [0, 0.05) is 70.0 Å². The Bertz CT molecular complexity index is 2120. The molecule has 4 saturated heterocycles. The number of anilines is 2. The zero-order valence-corrected chi connectivity index (χ0v) is 32.6. The van der Waals surface area contributed by atoms with Gasteiger partial charge in [-0.1, -0.05) is 12.1 Å². The Balaban J connectivity index is 0.844. The van der Waals surface area contributed by atoms with Crippen LogP contribution >= 0.6 is 15.9 Å². The molecule has 0 radical (unpaired) electrons. The fourth-order valence-corrected chi connectivity index (χ4v) is 9.63. The normalized spacial score (nSPS) is 24.3. The molecular formula is C40H45BrN8O6. The smallest absolute Gasteiger partial charge is 0.282 e. The lowest BCUT2D eigenvalue weighted by Gasteiger charge is -2.47. The van der Waals surface area contributed by atoms with Gasteiger partial charge in [-0.3, -0.25) is 39.0 Å². The van der Waals surface area contributed by atoms with E-state index in [9.17, 15) is 28.8 Å². The van der Waals surface area contributed by atoms with E-state index in [1.807, 2.05) is 23.1 Å². The lowest BCUT2D eigenvalue weighted by Crippen LogP contribution is -2.54. The number of carbonyl (C=O) groups is 5. The monoisotopic (exact) mass is 812 g/mol. The number of aromatic nitrogens is 2. The number of fused-ring (bicyclic) bond motifs is 1. The number of nitrogens with zero attached hydrogens (tertiary/aromatic N) is 6. The number of piperidine rings is 4. The van der Waals surface area contributed by atoms with Crippen LogP contribution in [0, 0.1) is 5.41 Å². The van der Waals surface area contributed by atoms with E-state index in [2.05, 4.69) is 60.6 Å². The van der Waals surface area contributed by atoms with Gasteiger partial charge in [-0.25, -0.2) is 4.68 Å². The van der Waals surface area contributed by atoms with Crippen LogP contribution in [-0.2, 0) is 16.6 Å². The van der Waals surface area contributed by atoms with E-state index in [0.717, 1.165) is 68.9 Å². The maximum atomic E-state index is 13.7. The summed E-state index contributed by atoms with van der Waals surface area (Å²) < 4.78 is 1.78. The number of likely N-dealkylation sites (N-methyl/N-ethyl adjacent to an activating group) is 1. The van der Waals surface area contributed by atoms with Gasteiger partial charge in [0.25, 0.3) is 23.3 Å². The van der Waals surface area contributed by atoms with E-state index in [1.54, 1.807) is 25.4 Å². The zero-order chi connectivity index (χ0) is 38.6. The molecule has 288 valence electrons.